The first-order valence-electron chi connectivity index (χ1n) is 16.1. The molecule has 0 atom stereocenters. The minimum Gasteiger partial charge on any atom is -0.457 e. The molecule has 0 aliphatic carbocycles. The molecular formula is C38H40N4O. The Labute approximate surface area is 253 Å². The predicted octanol–water partition coefficient (Wildman–Crippen LogP) is 9.63. The van der Waals surface area contributed by atoms with Gasteiger partial charge in [-0.2, -0.15) is 5.10 Å². The van der Waals surface area contributed by atoms with E-state index in [1.165, 1.54) is 71.8 Å². The largest absolute Gasteiger partial charge is 0.457 e. The van der Waals surface area contributed by atoms with Crippen LogP contribution < -0.4 is 4.74 Å². The molecule has 0 saturated heterocycles. The summed E-state index contributed by atoms with van der Waals surface area (Å²) in [6.45, 7) is 9.68. The van der Waals surface area contributed by atoms with Crippen molar-refractivity contribution in [1.29, 1.82) is 0 Å². The average Bonchev–Trinajstić information content (AvgIpc) is 3.63. The highest BCUT2D eigenvalue weighted by Gasteiger charge is 2.47. The van der Waals surface area contributed by atoms with Crippen molar-refractivity contribution in [3.8, 4) is 17.2 Å². The highest BCUT2D eigenvalue weighted by Crippen LogP contribution is 2.52. The number of aromatic nitrogens is 4. The minimum absolute atomic E-state index is 0.0362. The monoisotopic (exact) mass is 568 g/mol. The van der Waals surface area contributed by atoms with Gasteiger partial charge in [0, 0.05) is 33.9 Å². The molecule has 0 saturated carbocycles. The van der Waals surface area contributed by atoms with Crippen LogP contribution in [0.3, 0.4) is 0 Å². The number of hydrogen-bond acceptors (Lipinski definition) is 3. The number of rotatable bonds is 0. The fourth-order valence-corrected chi connectivity index (χ4v) is 7.59. The van der Waals surface area contributed by atoms with Gasteiger partial charge in [0.05, 0.1) is 28.3 Å². The van der Waals surface area contributed by atoms with Gasteiger partial charge < -0.3 is 4.74 Å². The van der Waals surface area contributed by atoms with Crippen molar-refractivity contribution in [2.24, 2.45) is 0 Å². The van der Waals surface area contributed by atoms with Crippen LogP contribution in [0.25, 0.3) is 33.0 Å². The van der Waals surface area contributed by atoms with Gasteiger partial charge in [-0.15, -0.1) is 0 Å². The molecule has 2 aliphatic heterocycles. The van der Waals surface area contributed by atoms with E-state index >= 15 is 0 Å². The van der Waals surface area contributed by atoms with Gasteiger partial charge in [0.15, 0.2) is 0 Å². The number of pyridine rings is 1. The molecular weight excluding hydrogens is 528 g/mol. The van der Waals surface area contributed by atoms with E-state index < -0.39 is 0 Å². The summed E-state index contributed by atoms with van der Waals surface area (Å²) in [5.74, 6) is 1.62. The molecule has 0 fully saturated rings. The quantitative estimate of drug-likeness (QED) is 0.171. The smallest absolute Gasteiger partial charge is 0.145 e. The van der Waals surface area contributed by atoms with Crippen molar-refractivity contribution >= 4 is 27.3 Å². The maximum atomic E-state index is 6.53. The molecule has 5 heterocycles. The van der Waals surface area contributed by atoms with Gasteiger partial charge >= 0.3 is 0 Å². The first-order valence-corrected chi connectivity index (χ1v) is 16.1. The zero-order valence-electron chi connectivity index (χ0n) is 25.8. The molecule has 218 valence electrons. The molecule has 2 aliphatic rings. The third-order valence-electron chi connectivity index (χ3n) is 10.6. The van der Waals surface area contributed by atoms with Crippen LogP contribution in [0.2, 0.25) is 0 Å². The van der Waals surface area contributed by atoms with Crippen molar-refractivity contribution in [2.45, 2.75) is 89.9 Å². The number of para-hydroxylation sites is 1. The summed E-state index contributed by atoms with van der Waals surface area (Å²) >= 11 is 0. The summed E-state index contributed by atoms with van der Waals surface area (Å²) in [5.41, 5.74) is 8.47. The molecule has 6 aromatic rings. The summed E-state index contributed by atoms with van der Waals surface area (Å²) in [7, 11) is 0. The van der Waals surface area contributed by atoms with Crippen molar-refractivity contribution in [3.05, 3.63) is 95.6 Å². The normalized spacial score (nSPS) is 18.0. The second-order valence-electron chi connectivity index (χ2n) is 13.7. The molecule has 0 N–H and O–H groups in total. The second-order valence-corrected chi connectivity index (χ2v) is 13.7. The van der Waals surface area contributed by atoms with Crippen LogP contribution in [0.1, 0.15) is 88.9 Å². The number of aryl methyl sites for hydroxylation is 2. The Balaban J connectivity index is 1.34. The number of nitrogens with zero attached hydrogens (tertiary/aromatic N) is 4. The molecule has 0 unspecified atom stereocenters. The lowest BCUT2D eigenvalue weighted by Crippen LogP contribution is -2.44. The third kappa shape index (κ3) is 4.04. The molecule has 3 aromatic heterocycles. The molecule has 5 nitrogen and oxygen atoms in total. The lowest BCUT2D eigenvalue weighted by molar-refractivity contribution is 0.286. The molecule has 3 aromatic carbocycles. The summed E-state index contributed by atoms with van der Waals surface area (Å²) in [6, 6.07) is 23.7. The van der Waals surface area contributed by atoms with Crippen LogP contribution in [0.15, 0.2) is 72.9 Å². The lowest BCUT2D eigenvalue weighted by Gasteiger charge is -2.46. The topological polar surface area (TPSA) is 44.4 Å². The molecule has 43 heavy (non-hydrogen) atoms. The van der Waals surface area contributed by atoms with E-state index in [0.717, 1.165) is 46.8 Å². The van der Waals surface area contributed by atoms with E-state index in [9.17, 15) is 0 Å². The number of fused-ring (bicyclic) bond motifs is 9. The minimum atomic E-state index is -0.0789. The SMILES string of the molecule is CC1(C)c2cccc3c4ccc5cc4c4nc(c(n4c23)C1(C)C)CCCCCCCCc1ccn(n1)-c1cccc(c1)O5. The first kappa shape index (κ1) is 26.5. The van der Waals surface area contributed by atoms with Crippen LogP contribution in [-0.2, 0) is 23.7 Å². The van der Waals surface area contributed by atoms with Gasteiger partial charge in [-0.25, -0.2) is 9.67 Å². The van der Waals surface area contributed by atoms with E-state index in [1.54, 1.807) is 0 Å². The number of hydrogen-bond donors (Lipinski definition) is 0. The van der Waals surface area contributed by atoms with Crippen molar-refractivity contribution in [1.82, 2.24) is 19.2 Å². The van der Waals surface area contributed by atoms with Gasteiger partial charge in [0.25, 0.3) is 0 Å². The summed E-state index contributed by atoms with van der Waals surface area (Å²) in [5, 5.41) is 8.52. The molecule has 8 rings (SSSR count). The van der Waals surface area contributed by atoms with Crippen LogP contribution in [0.4, 0.5) is 0 Å². The Kier molecular flexibility index (Phi) is 5.98. The fourth-order valence-electron chi connectivity index (χ4n) is 7.59. The Hall–Kier alpha value is -4.12. The summed E-state index contributed by atoms with van der Waals surface area (Å²) < 4.78 is 11.0. The highest BCUT2D eigenvalue weighted by atomic mass is 16.5. The number of imidazole rings is 1. The van der Waals surface area contributed by atoms with Gasteiger partial charge in [0.2, 0.25) is 0 Å². The zero-order chi connectivity index (χ0) is 29.3. The van der Waals surface area contributed by atoms with Crippen LogP contribution >= 0.6 is 0 Å². The van der Waals surface area contributed by atoms with Crippen molar-refractivity contribution < 1.29 is 4.74 Å². The van der Waals surface area contributed by atoms with Crippen molar-refractivity contribution in [3.63, 3.8) is 0 Å². The van der Waals surface area contributed by atoms with E-state index in [4.69, 9.17) is 14.8 Å². The Morgan fingerprint density at radius 2 is 1.47 bits per heavy atom. The Morgan fingerprint density at radius 1 is 0.698 bits per heavy atom. The molecule has 0 amide bonds. The van der Waals surface area contributed by atoms with Gasteiger partial charge in [-0.3, -0.25) is 4.40 Å². The van der Waals surface area contributed by atoms with Gasteiger partial charge in [-0.1, -0.05) is 77.6 Å². The van der Waals surface area contributed by atoms with E-state index in [1.807, 2.05) is 16.8 Å². The van der Waals surface area contributed by atoms with Crippen LogP contribution in [0, 0.1) is 0 Å². The highest BCUT2D eigenvalue weighted by molar-refractivity contribution is 6.13. The molecule has 8 bridgehead atoms. The van der Waals surface area contributed by atoms with E-state index in [-0.39, 0.29) is 10.8 Å². The average molecular weight is 569 g/mol. The Morgan fingerprint density at radius 3 is 2.33 bits per heavy atom. The summed E-state index contributed by atoms with van der Waals surface area (Å²) in [6.07, 6.45) is 11.5. The van der Waals surface area contributed by atoms with Crippen LogP contribution in [0.5, 0.6) is 11.5 Å². The number of ether oxygens (including phenoxy) is 1. The number of benzene rings is 3. The first-order chi connectivity index (χ1) is 20.8. The van der Waals surface area contributed by atoms with Gasteiger partial charge in [-0.05, 0) is 73.0 Å². The molecule has 0 radical (unpaired) electrons. The summed E-state index contributed by atoms with van der Waals surface area (Å²) in [4.78, 5) is 5.49. The third-order valence-corrected chi connectivity index (χ3v) is 10.6. The second kappa shape index (κ2) is 9.70. The fraction of sp³-hybridized carbons (Fsp3) is 0.368. The maximum Gasteiger partial charge on any atom is 0.145 e. The van der Waals surface area contributed by atoms with Crippen LogP contribution in [-0.4, -0.2) is 19.2 Å². The van der Waals surface area contributed by atoms with E-state index in [2.05, 4.69) is 92.9 Å². The molecule has 0 spiro atoms. The Bertz CT molecular complexity index is 2030. The van der Waals surface area contributed by atoms with Crippen molar-refractivity contribution in [2.75, 3.05) is 0 Å². The maximum absolute atomic E-state index is 6.53. The van der Waals surface area contributed by atoms with E-state index in [0.29, 0.717) is 0 Å². The predicted molar refractivity (Wildman–Crippen MR) is 175 cm³/mol. The standard InChI is InChI=1S/C38H40N4O/c1-37(2)32-17-12-16-30-29-20-19-28-24-31(29)36-39-33(35(38(37,3)4)42(36)34(30)32)18-10-8-6-5-7-9-13-25-21-22-41(40-25)26-14-11-15-27(23-26)43-28/h11-12,14-17,19-24H,5-10,13,18H2,1-4H3. The molecule has 5 heteroatoms. The zero-order valence-corrected chi connectivity index (χ0v) is 25.8. The lowest BCUT2D eigenvalue weighted by atomic mass is 9.60. The van der Waals surface area contributed by atoms with Gasteiger partial charge in [0.1, 0.15) is 17.1 Å².